The third-order valence-corrected chi connectivity index (χ3v) is 5.41. The molecule has 3 N–H and O–H groups in total. The number of aliphatic hydroxyl groups excluding tert-OH is 1. The predicted molar refractivity (Wildman–Crippen MR) is 97.4 cm³/mol. The lowest BCUT2D eigenvalue weighted by Gasteiger charge is -2.33. The van der Waals surface area contributed by atoms with Crippen LogP contribution in [-0.2, 0) is 4.74 Å². The number of ether oxygens (including phenoxy) is 1. The quantitative estimate of drug-likeness (QED) is 0.785. The van der Waals surface area contributed by atoms with E-state index in [4.69, 9.17) is 4.74 Å². The fraction of sp³-hybridized carbons (Fsp3) is 0.650. The Morgan fingerprint density at radius 1 is 1.16 bits per heavy atom. The number of hydrogen-bond donors (Lipinski definition) is 3. The summed E-state index contributed by atoms with van der Waals surface area (Å²) in [5.74, 6) is 0.301. The van der Waals surface area contributed by atoms with E-state index in [0.717, 1.165) is 45.1 Å². The third kappa shape index (κ3) is 5.19. The second-order valence-corrected chi connectivity index (χ2v) is 7.46. The van der Waals surface area contributed by atoms with Crippen LogP contribution in [0.1, 0.15) is 55.8 Å². The summed E-state index contributed by atoms with van der Waals surface area (Å²) in [5, 5.41) is 15.6. The molecule has 0 radical (unpaired) electrons. The highest BCUT2D eigenvalue weighted by Gasteiger charge is 2.28. The third-order valence-electron chi connectivity index (χ3n) is 5.41. The predicted octanol–water partition coefficient (Wildman–Crippen LogP) is 3.07. The van der Waals surface area contributed by atoms with Crippen LogP contribution in [0, 0.1) is 12.8 Å². The number of benzene rings is 1. The summed E-state index contributed by atoms with van der Waals surface area (Å²) in [6.07, 6.45) is 5.22. The number of aryl methyl sites for hydroxylation is 1. The van der Waals surface area contributed by atoms with Crippen molar-refractivity contribution in [2.24, 2.45) is 5.92 Å². The van der Waals surface area contributed by atoms with E-state index in [1.54, 1.807) is 0 Å². The van der Waals surface area contributed by atoms with Gasteiger partial charge in [-0.3, -0.25) is 0 Å². The molecule has 2 aliphatic rings. The van der Waals surface area contributed by atoms with E-state index < -0.39 is 0 Å². The van der Waals surface area contributed by atoms with Gasteiger partial charge in [-0.1, -0.05) is 29.8 Å². The maximum atomic E-state index is 12.2. The summed E-state index contributed by atoms with van der Waals surface area (Å²) >= 11 is 0. The molecule has 0 aromatic heterocycles. The Morgan fingerprint density at radius 3 is 2.60 bits per heavy atom. The number of urea groups is 1. The molecule has 25 heavy (non-hydrogen) atoms. The molecule has 1 aliphatic heterocycles. The van der Waals surface area contributed by atoms with Crippen LogP contribution in [0.15, 0.2) is 24.3 Å². The van der Waals surface area contributed by atoms with Crippen molar-refractivity contribution in [3.05, 3.63) is 35.4 Å². The molecule has 1 saturated carbocycles. The molecule has 2 unspecified atom stereocenters. The summed E-state index contributed by atoms with van der Waals surface area (Å²) in [7, 11) is 0. The van der Waals surface area contributed by atoms with E-state index in [1.165, 1.54) is 11.1 Å². The van der Waals surface area contributed by atoms with Crippen molar-refractivity contribution < 1.29 is 14.6 Å². The number of amides is 2. The number of rotatable bonds is 4. The Hall–Kier alpha value is -1.59. The second-order valence-electron chi connectivity index (χ2n) is 7.46. The van der Waals surface area contributed by atoms with Gasteiger partial charge in [0.1, 0.15) is 0 Å². The summed E-state index contributed by atoms with van der Waals surface area (Å²) in [5.41, 5.74) is 2.44. The Bertz CT molecular complexity index is 553. The number of carbonyl (C=O) groups is 1. The maximum absolute atomic E-state index is 12.2. The van der Waals surface area contributed by atoms with Gasteiger partial charge in [-0.05, 0) is 51.0 Å². The van der Waals surface area contributed by atoms with Gasteiger partial charge in [0.05, 0.1) is 12.2 Å². The van der Waals surface area contributed by atoms with Gasteiger partial charge in [-0.2, -0.15) is 0 Å². The molecule has 1 aromatic carbocycles. The molecule has 3 rings (SSSR count). The minimum Gasteiger partial charge on any atom is -0.393 e. The van der Waals surface area contributed by atoms with Crippen molar-refractivity contribution in [1.29, 1.82) is 0 Å². The minimum absolute atomic E-state index is 0.0551. The SMILES string of the molecule is Cc1ccc(C2OCCCC2CNC(=O)NC2CCC(O)CC2)cc1. The lowest BCUT2D eigenvalue weighted by Crippen LogP contribution is -2.46. The van der Waals surface area contributed by atoms with E-state index in [2.05, 4.69) is 41.8 Å². The van der Waals surface area contributed by atoms with E-state index in [9.17, 15) is 9.90 Å². The first-order valence-electron chi connectivity index (χ1n) is 9.52. The van der Waals surface area contributed by atoms with Crippen molar-refractivity contribution in [2.45, 2.75) is 63.7 Å². The Kier molecular flexibility index (Phi) is 6.32. The van der Waals surface area contributed by atoms with Gasteiger partial charge in [0.15, 0.2) is 0 Å². The van der Waals surface area contributed by atoms with Crippen LogP contribution in [0.2, 0.25) is 0 Å². The van der Waals surface area contributed by atoms with Crippen LogP contribution in [0.4, 0.5) is 4.79 Å². The highest BCUT2D eigenvalue weighted by Crippen LogP contribution is 2.33. The van der Waals surface area contributed by atoms with E-state index in [1.807, 2.05) is 0 Å². The normalized spacial score (nSPS) is 29.8. The first kappa shape index (κ1) is 18.2. The van der Waals surface area contributed by atoms with Gasteiger partial charge in [0.25, 0.3) is 0 Å². The number of aliphatic hydroxyl groups is 1. The summed E-state index contributed by atoms with van der Waals surface area (Å²) in [6, 6.07) is 8.56. The average molecular weight is 346 g/mol. The van der Waals surface area contributed by atoms with Crippen molar-refractivity contribution >= 4 is 6.03 Å². The van der Waals surface area contributed by atoms with Gasteiger partial charge in [0.2, 0.25) is 0 Å². The van der Waals surface area contributed by atoms with Gasteiger partial charge < -0.3 is 20.5 Å². The lowest BCUT2D eigenvalue weighted by atomic mass is 9.89. The molecule has 1 aromatic rings. The highest BCUT2D eigenvalue weighted by atomic mass is 16.5. The monoisotopic (exact) mass is 346 g/mol. The van der Waals surface area contributed by atoms with Crippen LogP contribution < -0.4 is 10.6 Å². The summed E-state index contributed by atoms with van der Waals surface area (Å²) in [6.45, 7) is 3.49. The first-order valence-corrected chi connectivity index (χ1v) is 9.52. The zero-order valence-corrected chi connectivity index (χ0v) is 15.0. The van der Waals surface area contributed by atoms with E-state index >= 15 is 0 Å². The standard InChI is InChI=1S/C20H30N2O3/c1-14-4-6-15(7-5-14)19-16(3-2-12-25-19)13-21-20(24)22-17-8-10-18(23)11-9-17/h4-7,16-19,23H,2-3,8-13H2,1H3,(H2,21,22,24). The van der Waals surface area contributed by atoms with Crippen LogP contribution in [0.5, 0.6) is 0 Å². The number of nitrogens with one attached hydrogen (secondary N) is 2. The van der Waals surface area contributed by atoms with E-state index in [-0.39, 0.29) is 24.3 Å². The van der Waals surface area contributed by atoms with Crippen LogP contribution in [0.3, 0.4) is 0 Å². The summed E-state index contributed by atoms with van der Waals surface area (Å²) < 4.78 is 6.01. The minimum atomic E-state index is -0.198. The van der Waals surface area contributed by atoms with Gasteiger partial charge in [0, 0.05) is 25.1 Å². The molecular weight excluding hydrogens is 316 g/mol. The first-order chi connectivity index (χ1) is 12.1. The molecule has 2 atom stereocenters. The molecule has 2 fully saturated rings. The van der Waals surface area contributed by atoms with Crippen molar-refractivity contribution in [1.82, 2.24) is 10.6 Å². The molecule has 1 saturated heterocycles. The topological polar surface area (TPSA) is 70.6 Å². The Labute approximate surface area is 150 Å². The van der Waals surface area contributed by atoms with Gasteiger partial charge in [-0.25, -0.2) is 4.79 Å². The second kappa shape index (κ2) is 8.68. The van der Waals surface area contributed by atoms with Crippen molar-refractivity contribution in [3.8, 4) is 0 Å². The molecular formula is C20H30N2O3. The van der Waals surface area contributed by atoms with E-state index in [0.29, 0.717) is 12.5 Å². The summed E-state index contributed by atoms with van der Waals surface area (Å²) in [4.78, 5) is 12.2. The molecule has 2 amide bonds. The fourth-order valence-corrected chi connectivity index (χ4v) is 3.86. The van der Waals surface area contributed by atoms with Crippen LogP contribution in [-0.4, -0.2) is 36.4 Å². The molecule has 5 heteroatoms. The molecule has 1 aliphatic carbocycles. The van der Waals surface area contributed by atoms with Crippen LogP contribution >= 0.6 is 0 Å². The largest absolute Gasteiger partial charge is 0.393 e. The maximum Gasteiger partial charge on any atom is 0.315 e. The van der Waals surface area contributed by atoms with Gasteiger partial charge >= 0.3 is 6.03 Å². The number of carbonyl (C=O) groups excluding carboxylic acids is 1. The zero-order valence-electron chi connectivity index (χ0n) is 15.0. The fourth-order valence-electron chi connectivity index (χ4n) is 3.86. The molecule has 0 bridgehead atoms. The number of hydrogen-bond acceptors (Lipinski definition) is 3. The smallest absolute Gasteiger partial charge is 0.315 e. The van der Waals surface area contributed by atoms with Crippen molar-refractivity contribution in [3.63, 3.8) is 0 Å². The Morgan fingerprint density at radius 2 is 1.88 bits per heavy atom. The lowest BCUT2D eigenvalue weighted by molar-refractivity contribution is -0.0269. The molecule has 0 spiro atoms. The zero-order chi connectivity index (χ0) is 17.6. The molecule has 5 nitrogen and oxygen atoms in total. The molecule has 138 valence electrons. The average Bonchev–Trinajstić information content (AvgIpc) is 2.63. The highest BCUT2D eigenvalue weighted by molar-refractivity contribution is 5.74. The van der Waals surface area contributed by atoms with Crippen molar-refractivity contribution in [2.75, 3.05) is 13.2 Å². The Balaban J connectivity index is 1.50. The van der Waals surface area contributed by atoms with Crippen LogP contribution in [0.25, 0.3) is 0 Å². The van der Waals surface area contributed by atoms with Gasteiger partial charge in [-0.15, -0.1) is 0 Å². The molecule has 1 heterocycles.